The molecule has 1 heterocycles. The highest BCUT2D eigenvalue weighted by atomic mass is 16.1. The normalized spacial score (nSPS) is 10.2. The molecular weight excluding hydrogens is 202 g/mol. The van der Waals surface area contributed by atoms with Crippen molar-refractivity contribution in [3.63, 3.8) is 0 Å². The smallest absolute Gasteiger partial charge is 0.255 e. The Labute approximate surface area is 93.1 Å². The van der Waals surface area contributed by atoms with Crippen LogP contribution >= 0.6 is 0 Å². The van der Waals surface area contributed by atoms with Crippen LogP contribution in [0.1, 0.15) is 10.4 Å². The van der Waals surface area contributed by atoms with Crippen LogP contribution in [0.3, 0.4) is 0 Å². The van der Waals surface area contributed by atoms with Gasteiger partial charge in [-0.15, -0.1) is 6.58 Å². The third-order valence-corrected chi connectivity index (χ3v) is 2.37. The molecule has 0 unspecified atom stereocenters. The summed E-state index contributed by atoms with van der Waals surface area (Å²) in [4.78, 5) is 14.8. The first-order chi connectivity index (χ1) is 7.74. The van der Waals surface area contributed by atoms with E-state index in [1.807, 2.05) is 24.3 Å². The highest BCUT2D eigenvalue weighted by Gasteiger charge is 2.15. The quantitative estimate of drug-likeness (QED) is 0.681. The molecule has 0 saturated heterocycles. The Morgan fingerprint density at radius 1 is 1.50 bits per heavy atom. The standard InChI is InChI=1S/C12H13N3O/c1-2-7-14-12(16)10-8-5-3-4-6-9(8)15-11(10)13/h2-6,15H,1,7,13H2,(H,14,16). The average molecular weight is 215 g/mol. The van der Waals surface area contributed by atoms with Crippen LogP contribution in [0.4, 0.5) is 5.82 Å². The number of hydrogen-bond acceptors (Lipinski definition) is 2. The number of benzene rings is 1. The zero-order chi connectivity index (χ0) is 11.5. The van der Waals surface area contributed by atoms with E-state index in [2.05, 4.69) is 16.9 Å². The summed E-state index contributed by atoms with van der Waals surface area (Å²) >= 11 is 0. The lowest BCUT2D eigenvalue weighted by Crippen LogP contribution is -2.23. The number of carbonyl (C=O) groups excluding carboxylic acids is 1. The maximum Gasteiger partial charge on any atom is 0.255 e. The summed E-state index contributed by atoms with van der Waals surface area (Å²) in [6.45, 7) is 3.97. The molecule has 1 aromatic heterocycles. The molecule has 0 fully saturated rings. The Kier molecular flexibility index (Phi) is 2.64. The Morgan fingerprint density at radius 2 is 2.25 bits per heavy atom. The van der Waals surface area contributed by atoms with Gasteiger partial charge in [0, 0.05) is 17.4 Å². The number of nitrogens with two attached hydrogens (primary N) is 1. The van der Waals surface area contributed by atoms with E-state index in [9.17, 15) is 4.79 Å². The van der Waals surface area contributed by atoms with Crippen molar-refractivity contribution in [1.29, 1.82) is 0 Å². The number of aromatic nitrogens is 1. The molecule has 2 rings (SSSR count). The van der Waals surface area contributed by atoms with Gasteiger partial charge in [-0.1, -0.05) is 24.3 Å². The van der Waals surface area contributed by atoms with Gasteiger partial charge in [0.05, 0.1) is 5.56 Å². The minimum atomic E-state index is -0.185. The minimum Gasteiger partial charge on any atom is -0.385 e. The maximum atomic E-state index is 11.8. The van der Waals surface area contributed by atoms with Gasteiger partial charge in [0.15, 0.2) is 0 Å². The molecule has 0 bridgehead atoms. The van der Waals surface area contributed by atoms with E-state index in [0.29, 0.717) is 17.9 Å². The number of para-hydroxylation sites is 1. The molecule has 0 atom stereocenters. The van der Waals surface area contributed by atoms with Crippen molar-refractivity contribution in [2.24, 2.45) is 0 Å². The van der Waals surface area contributed by atoms with Crippen molar-refractivity contribution in [3.8, 4) is 0 Å². The Bertz CT molecular complexity index is 542. The van der Waals surface area contributed by atoms with Gasteiger partial charge in [-0.3, -0.25) is 4.79 Å². The molecule has 16 heavy (non-hydrogen) atoms. The van der Waals surface area contributed by atoms with Crippen LogP contribution in [0.5, 0.6) is 0 Å². The zero-order valence-electron chi connectivity index (χ0n) is 8.79. The minimum absolute atomic E-state index is 0.185. The van der Waals surface area contributed by atoms with Crippen LogP contribution in [0.2, 0.25) is 0 Å². The third kappa shape index (κ3) is 1.65. The van der Waals surface area contributed by atoms with Crippen LogP contribution in [-0.2, 0) is 0 Å². The van der Waals surface area contributed by atoms with Gasteiger partial charge in [-0.2, -0.15) is 0 Å². The predicted molar refractivity (Wildman–Crippen MR) is 65.2 cm³/mol. The fourth-order valence-electron chi connectivity index (χ4n) is 1.66. The number of carbonyl (C=O) groups is 1. The predicted octanol–water partition coefficient (Wildman–Crippen LogP) is 1.67. The van der Waals surface area contributed by atoms with Crippen molar-refractivity contribution < 1.29 is 4.79 Å². The second kappa shape index (κ2) is 4.10. The summed E-state index contributed by atoms with van der Waals surface area (Å²) in [6, 6.07) is 7.52. The SMILES string of the molecule is C=CCNC(=O)c1c(N)[nH]c2ccccc12. The Hall–Kier alpha value is -2.23. The lowest BCUT2D eigenvalue weighted by molar-refractivity contribution is 0.0960. The van der Waals surface area contributed by atoms with Gasteiger partial charge in [-0.05, 0) is 6.07 Å². The third-order valence-electron chi connectivity index (χ3n) is 2.37. The molecule has 0 aliphatic heterocycles. The van der Waals surface area contributed by atoms with E-state index in [4.69, 9.17) is 5.73 Å². The zero-order valence-corrected chi connectivity index (χ0v) is 8.79. The van der Waals surface area contributed by atoms with Crippen LogP contribution in [0, 0.1) is 0 Å². The van der Waals surface area contributed by atoms with Crippen LogP contribution in [0.15, 0.2) is 36.9 Å². The maximum absolute atomic E-state index is 11.8. The highest BCUT2D eigenvalue weighted by molar-refractivity contribution is 6.11. The molecule has 0 radical (unpaired) electrons. The molecule has 4 nitrogen and oxygen atoms in total. The summed E-state index contributed by atoms with van der Waals surface area (Å²) in [6.07, 6.45) is 1.63. The van der Waals surface area contributed by atoms with E-state index in [0.717, 1.165) is 10.9 Å². The Morgan fingerprint density at radius 3 is 3.00 bits per heavy atom. The first-order valence-corrected chi connectivity index (χ1v) is 4.99. The molecule has 0 aliphatic rings. The van der Waals surface area contributed by atoms with Crippen molar-refractivity contribution >= 4 is 22.6 Å². The summed E-state index contributed by atoms with van der Waals surface area (Å²) in [7, 11) is 0. The van der Waals surface area contributed by atoms with Gasteiger partial charge < -0.3 is 16.0 Å². The average Bonchev–Trinajstić information content (AvgIpc) is 2.62. The molecule has 82 valence electrons. The summed E-state index contributed by atoms with van der Waals surface area (Å²) < 4.78 is 0. The van der Waals surface area contributed by atoms with E-state index >= 15 is 0 Å². The number of rotatable bonds is 3. The number of anilines is 1. The molecule has 1 amide bonds. The van der Waals surface area contributed by atoms with E-state index in [1.165, 1.54) is 0 Å². The summed E-state index contributed by atoms with van der Waals surface area (Å²) in [5.41, 5.74) is 7.15. The highest BCUT2D eigenvalue weighted by Crippen LogP contribution is 2.23. The lowest BCUT2D eigenvalue weighted by atomic mass is 10.1. The van der Waals surface area contributed by atoms with Crippen LogP contribution in [0.25, 0.3) is 10.9 Å². The second-order valence-electron chi connectivity index (χ2n) is 3.46. The first kappa shape index (κ1) is 10.3. The van der Waals surface area contributed by atoms with Crippen LogP contribution < -0.4 is 11.1 Å². The number of nitrogen functional groups attached to an aromatic ring is 1. The van der Waals surface area contributed by atoms with Crippen molar-refractivity contribution in [2.75, 3.05) is 12.3 Å². The number of hydrogen-bond donors (Lipinski definition) is 3. The van der Waals surface area contributed by atoms with Crippen molar-refractivity contribution in [3.05, 3.63) is 42.5 Å². The fourth-order valence-corrected chi connectivity index (χ4v) is 1.66. The molecular formula is C12H13N3O. The molecule has 0 saturated carbocycles. The van der Waals surface area contributed by atoms with Gasteiger partial charge in [0.2, 0.25) is 0 Å². The van der Waals surface area contributed by atoms with Crippen molar-refractivity contribution in [2.45, 2.75) is 0 Å². The first-order valence-electron chi connectivity index (χ1n) is 4.99. The van der Waals surface area contributed by atoms with E-state index < -0.39 is 0 Å². The van der Waals surface area contributed by atoms with Gasteiger partial charge in [-0.25, -0.2) is 0 Å². The lowest BCUT2D eigenvalue weighted by Gasteiger charge is -2.01. The van der Waals surface area contributed by atoms with E-state index in [1.54, 1.807) is 6.08 Å². The Balaban J connectivity index is 2.46. The van der Waals surface area contributed by atoms with Gasteiger partial charge >= 0.3 is 0 Å². The van der Waals surface area contributed by atoms with E-state index in [-0.39, 0.29) is 5.91 Å². The molecule has 0 spiro atoms. The van der Waals surface area contributed by atoms with Gasteiger partial charge in [0.25, 0.3) is 5.91 Å². The molecule has 4 heteroatoms. The number of amides is 1. The van der Waals surface area contributed by atoms with Crippen LogP contribution in [-0.4, -0.2) is 17.4 Å². The number of aromatic amines is 1. The molecule has 0 aliphatic carbocycles. The second-order valence-corrected chi connectivity index (χ2v) is 3.46. The molecule has 4 N–H and O–H groups in total. The van der Waals surface area contributed by atoms with Gasteiger partial charge in [0.1, 0.15) is 5.82 Å². The monoisotopic (exact) mass is 215 g/mol. The number of fused-ring (bicyclic) bond motifs is 1. The number of nitrogens with one attached hydrogen (secondary N) is 2. The molecule has 2 aromatic rings. The van der Waals surface area contributed by atoms with Crippen molar-refractivity contribution in [1.82, 2.24) is 10.3 Å². The largest absolute Gasteiger partial charge is 0.385 e. The summed E-state index contributed by atoms with van der Waals surface area (Å²) in [5, 5.41) is 3.55. The summed E-state index contributed by atoms with van der Waals surface area (Å²) in [5.74, 6) is 0.206. The fraction of sp³-hybridized carbons (Fsp3) is 0.0833. The topological polar surface area (TPSA) is 70.9 Å². The molecule has 1 aromatic carbocycles. The number of H-pyrrole nitrogens is 1.